The molecule has 0 spiro atoms. The number of benzene rings is 2. The molecule has 1 saturated heterocycles. The van der Waals surface area contributed by atoms with Crippen molar-refractivity contribution in [3.63, 3.8) is 0 Å². The van der Waals surface area contributed by atoms with Crippen molar-refractivity contribution in [2.24, 2.45) is 0 Å². The van der Waals surface area contributed by atoms with E-state index in [1.807, 2.05) is 18.2 Å². The van der Waals surface area contributed by atoms with E-state index in [1.54, 1.807) is 0 Å². The maximum atomic E-state index is 13.5. The fourth-order valence-electron chi connectivity index (χ4n) is 3.10. The lowest BCUT2D eigenvalue weighted by molar-refractivity contribution is 0.401. The minimum Gasteiger partial charge on any atom is -0.316 e. The topological polar surface area (TPSA) is 12.0 Å². The summed E-state index contributed by atoms with van der Waals surface area (Å²) < 4.78 is 26.9. The smallest absolute Gasteiger partial charge is 0.126 e. The molecule has 1 nitrogen and oxygen atoms in total. The molecule has 1 N–H and O–H groups in total. The molecule has 2 unspecified atom stereocenters. The van der Waals surface area contributed by atoms with Gasteiger partial charge in [0.05, 0.1) is 0 Å². The highest BCUT2D eigenvalue weighted by Crippen LogP contribution is 2.37. The lowest BCUT2D eigenvalue weighted by Crippen LogP contribution is -2.34. The van der Waals surface area contributed by atoms with Gasteiger partial charge >= 0.3 is 0 Å². The third-order valence-corrected chi connectivity index (χ3v) is 4.02. The molecule has 3 rings (SSSR count). The fourth-order valence-corrected chi connectivity index (χ4v) is 3.10. The Hall–Kier alpha value is -1.74. The minimum atomic E-state index is -0.495. The Kier molecular flexibility index (Phi) is 3.79. The summed E-state index contributed by atoms with van der Waals surface area (Å²) in [5.74, 6) is -0.578. The van der Waals surface area contributed by atoms with Gasteiger partial charge in [0.15, 0.2) is 0 Å². The molecule has 1 aliphatic rings. The normalized spacial score (nSPS) is 22.7. The van der Waals surface area contributed by atoms with Crippen LogP contribution >= 0.6 is 0 Å². The zero-order valence-corrected chi connectivity index (χ0v) is 11.2. The SMILES string of the molecule is Fc1cc(F)cc(C2CCNCC2c2ccccc2)c1. The van der Waals surface area contributed by atoms with Crippen LogP contribution in [0.25, 0.3) is 0 Å². The van der Waals surface area contributed by atoms with Crippen molar-refractivity contribution < 1.29 is 8.78 Å². The molecule has 0 aliphatic carbocycles. The Balaban J connectivity index is 1.96. The molecule has 2 atom stereocenters. The second-order valence-electron chi connectivity index (χ2n) is 5.32. The van der Waals surface area contributed by atoms with Crippen molar-refractivity contribution in [2.45, 2.75) is 18.3 Å². The van der Waals surface area contributed by atoms with Crippen molar-refractivity contribution >= 4 is 0 Å². The van der Waals surface area contributed by atoms with Crippen LogP contribution < -0.4 is 5.32 Å². The van der Waals surface area contributed by atoms with Crippen LogP contribution in [0.5, 0.6) is 0 Å². The Morgan fingerprint density at radius 1 is 0.850 bits per heavy atom. The van der Waals surface area contributed by atoms with E-state index in [0.29, 0.717) is 0 Å². The van der Waals surface area contributed by atoms with E-state index in [-0.39, 0.29) is 11.8 Å². The van der Waals surface area contributed by atoms with Gasteiger partial charge < -0.3 is 5.32 Å². The first-order valence-electron chi connectivity index (χ1n) is 6.95. The van der Waals surface area contributed by atoms with Gasteiger partial charge in [-0.3, -0.25) is 0 Å². The van der Waals surface area contributed by atoms with E-state index in [0.717, 1.165) is 31.1 Å². The van der Waals surface area contributed by atoms with Crippen molar-refractivity contribution in [1.82, 2.24) is 5.32 Å². The summed E-state index contributed by atoms with van der Waals surface area (Å²) in [7, 11) is 0. The highest BCUT2D eigenvalue weighted by Gasteiger charge is 2.28. The lowest BCUT2D eigenvalue weighted by Gasteiger charge is -2.33. The largest absolute Gasteiger partial charge is 0.316 e. The number of hydrogen-bond donors (Lipinski definition) is 1. The van der Waals surface area contributed by atoms with E-state index in [2.05, 4.69) is 17.4 Å². The van der Waals surface area contributed by atoms with E-state index >= 15 is 0 Å². The summed E-state index contributed by atoms with van der Waals surface area (Å²) in [6.45, 7) is 1.72. The standard InChI is InChI=1S/C17H17F2N/c18-14-8-13(9-15(19)10-14)16-6-7-20-11-17(16)12-4-2-1-3-5-12/h1-5,8-10,16-17,20H,6-7,11H2. The molecule has 0 saturated carbocycles. The first-order chi connectivity index (χ1) is 9.74. The third kappa shape index (κ3) is 2.73. The molecule has 1 heterocycles. The average Bonchev–Trinajstić information content (AvgIpc) is 2.47. The quantitative estimate of drug-likeness (QED) is 0.877. The summed E-state index contributed by atoms with van der Waals surface area (Å²) in [5.41, 5.74) is 1.98. The highest BCUT2D eigenvalue weighted by atomic mass is 19.1. The molecule has 0 radical (unpaired) electrons. The summed E-state index contributed by atoms with van der Waals surface area (Å²) >= 11 is 0. The van der Waals surface area contributed by atoms with Crippen LogP contribution in [-0.4, -0.2) is 13.1 Å². The van der Waals surface area contributed by atoms with Gasteiger partial charge in [-0.2, -0.15) is 0 Å². The van der Waals surface area contributed by atoms with Crippen molar-refractivity contribution in [3.8, 4) is 0 Å². The summed E-state index contributed by atoms with van der Waals surface area (Å²) in [6, 6.07) is 14.0. The van der Waals surface area contributed by atoms with Crippen LogP contribution in [-0.2, 0) is 0 Å². The molecule has 0 bridgehead atoms. The van der Waals surface area contributed by atoms with Gasteiger partial charge in [0.2, 0.25) is 0 Å². The molecule has 20 heavy (non-hydrogen) atoms. The number of nitrogens with one attached hydrogen (secondary N) is 1. The lowest BCUT2D eigenvalue weighted by atomic mass is 9.77. The molecule has 2 aromatic rings. The monoisotopic (exact) mass is 273 g/mol. The van der Waals surface area contributed by atoms with Crippen LogP contribution in [0.2, 0.25) is 0 Å². The van der Waals surface area contributed by atoms with E-state index < -0.39 is 11.6 Å². The first kappa shape index (κ1) is 13.3. The van der Waals surface area contributed by atoms with Gasteiger partial charge in [-0.15, -0.1) is 0 Å². The fraction of sp³-hybridized carbons (Fsp3) is 0.294. The van der Waals surface area contributed by atoms with E-state index in [9.17, 15) is 8.78 Å². The minimum absolute atomic E-state index is 0.156. The van der Waals surface area contributed by atoms with Crippen LogP contribution in [0.4, 0.5) is 8.78 Å². The van der Waals surface area contributed by atoms with Gasteiger partial charge in [-0.05, 0) is 42.1 Å². The number of hydrogen-bond acceptors (Lipinski definition) is 1. The Bertz CT molecular complexity index is 563. The van der Waals surface area contributed by atoms with Crippen LogP contribution in [0.3, 0.4) is 0 Å². The zero-order valence-electron chi connectivity index (χ0n) is 11.2. The van der Waals surface area contributed by atoms with Crippen molar-refractivity contribution in [2.75, 3.05) is 13.1 Å². The maximum Gasteiger partial charge on any atom is 0.126 e. The van der Waals surface area contributed by atoms with Gasteiger partial charge in [-0.1, -0.05) is 30.3 Å². The van der Waals surface area contributed by atoms with Crippen LogP contribution in [0, 0.1) is 11.6 Å². The van der Waals surface area contributed by atoms with E-state index in [1.165, 1.54) is 17.7 Å². The third-order valence-electron chi connectivity index (χ3n) is 4.02. The predicted octanol–water partition coefficient (Wildman–Crippen LogP) is 3.83. The molecule has 1 aliphatic heterocycles. The highest BCUT2D eigenvalue weighted by molar-refractivity contribution is 5.30. The molecule has 0 aromatic heterocycles. The summed E-state index contributed by atoms with van der Waals surface area (Å²) in [6.07, 6.45) is 0.891. The van der Waals surface area contributed by atoms with Gasteiger partial charge in [-0.25, -0.2) is 8.78 Å². The predicted molar refractivity (Wildman–Crippen MR) is 75.8 cm³/mol. The van der Waals surface area contributed by atoms with Gasteiger partial charge in [0.1, 0.15) is 11.6 Å². The first-order valence-corrected chi connectivity index (χ1v) is 6.95. The Labute approximate surface area is 117 Å². The average molecular weight is 273 g/mol. The van der Waals surface area contributed by atoms with Gasteiger partial charge in [0, 0.05) is 18.5 Å². The van der Waals surface area contributed by atoms with Crippen LogP contribution in [0.1, 0.15) is 29.4 Å². The number of halogens is 2. The van der Waals surface area contributed by atoms with Crippen molar-refractivity contribution in [3.05, 3.63) is 71.3 Å². The van der Waals surface area contributed by atoms with E-state index in [4.69, 9.17) is 0 Å². The zero-order chi connectivity index (χ0) is 13.9. The number of rotatable bonds is 2. The summed E-state index contributed by atoms with van der Waals surface area (Å²) in [5, 5.41) is 3.37. The Morgan fingerprint density at radius 3 is 2.25 bits per heavy atom. The second kappa shape index (κ2) is 5.71. The Morgan fingerprint density at radius 2 is 1.55 bits per heavy atom. The maximum absolute atomic E-state index is 13.5. The molecule has 2 aromatic carbocycles. The summed E-state index contributed by atoms with van der Waals surface area (Å²) in [4.78, 5) is 0. The second-order valence-corrected chi connectivity index (χ2v) is 5.32. The molecule has 0 amide bonds. The number of piperidine rings is 1. The molecule has 3 heteroatoms. The molecule has 104 valence electrons. The van der Waals surface area contributed by atoms with Crippen molar-refractivity contribution in [1.29, 1.82) is 0 Å². The van der Waals surface area contributed by atoms with Crippen LogP contribution in [0.15, 0.2) is 48.5 Å². The molecular formula is C17H17F2N. The molecular weight excluding hydrogens is 256 g/mol. The molecule has 1 fully saturated rings. The van der Waals surface area contributed by atoms with Gasteiger partial charge in [0.25, 0.3) is 0 Å².